The van der Waals surface area contributed by atoms with E-state index in [1.807, 2.05) is 45.9 Å². The number of nitrogens with one attached hydrogen (secondary N) is 2. The van der Waals surface area contributed by atoms with Crippen molar-refractivity contribution in [2.45, 2.75) is 85.0 Å². The Morgan fingerprint density at radius 3 is 2.35 bits per heavy atom. The minimum Gasteiger partial charge on any atom is -0.444 e. The van der Waals surface area contributed by atoms with Gasteiger partial charge in [-0.3, -0.25) is 9.59 Å². The van der Waals surface area contributed by atoms with E-state index in [4.69, 9.17) is 4.74 Å². The first kappa shape index (κ1) is 29.8. The number of hydrogen-bond acceptors (Lipinski definition) is 6. The van der Waals surface area contributed by atoms with Gasteiger partial charge in [-0.05, 0) is 59.1 Å². The van der Waals surface area contributed by atoms with Gasteiger partial charge >= 0.3 is 6.09 Å². The van der Waals surface area contributed by atoms with Crippen LogP contribution in [0.15, 0.2) is 18.2 Å². The van der Waals surface area contributed by atoms with Crippen LogP contribution in [0.5, 0.6) is 0 Å². The van der Waals surface area contributed by atoms with E-state index in [-0.39, 0.29) is 30.9 Å². The second-order valence-corrected chi connectivity index (χ2v) is 9.96. The first-order valence-electron chi connectivity index (χ1n) is 11.7. The van der Waals surface area contributed by atoms with Crippen LogP contribution >= 0.6 is 12.6 Å². The van der Waals surface area contributed by atoms with E-state index >= 15 is 0 Å². The summed E-state index contributed by atoms with van der Waals surface area (Å²) in [7, 11) is 0. The van der Waals surface area contributed by atoms with Crippen molar-refractivity contribution in [1.82, 2.24) is 15.5 Å². The van der Waals surface area contributed by atoms with Crippen LogP contribution < -0.4 is 10.6 Å². The van der Waals surface area contributed by atoms with Crippen LogP contribution in [0, 0.1) is 13.8 Å². The number of alkyl carbamates (subject to hydrolysis) is 1. The van der Waals surface area contributed by atoms with Gasteiger partial charge in [-0.15, -0.1) is 0 Å². The zero-order valence-corrected chi connectivity index (χ0v) is 22.4. The number of amides is 3. The normalized spacial score (nSPS) is 14.0. The molecule has 3 N–H and O–H groups in total. The van der Waals surface area contributed by atoms with E-state index in [9.17, 15) is 19.5 Å². The number of nitrogens with zero attached hydrogens (tertiary/aromatic N) is 1. The Hall–Kier alpha value is -2.26. The first-order valence-corrected chi connectivity index (χ1v) is 12.4. The summed E-state index contributed by atoms with van der Waals surface area (Å²) in [6, 6.07) is 3.60. The molecule has 34 heavy (non-hydrogen) atoms. The summed E-state index contributed by atoms with van der Waals surface area (Å²) in [5.74, 6) is -0.876. The maximum atomic E-state index is 13.6. The SMILES string of the molecule is CCCC(C)NC(=O)C(c1cc(C)ccc1C)N(CCO)C(=O)C(CS)NC(=O)OC(C)(C)C. The Balaban J connectivity index is 3.41. The van der Waals surface area contributed by atoms with Gasteiger partial charge in [-0.25, -0.2) is 4.79 Å². The van der Waals surface area contributed by atoms with Crippen LogP contribution in [0.2, 0.25) is 0 Å². The molecule has 0 bridgehead atoms. The smallest absolute Gasteiger partial charge is 0.408 e. The van der Waals surface area contributed by atoms with Crippen molar-refractivity contribution in [1.29, 1.82) is 0 Å². The Labute approximate surface area is 209 Å². The average Bonchev–Trinajstić information content (AvgIpc) is 2.72. The second-order valence-electron chi connectivity index (χ2n) is 9.60. The molecule has 3 atom stereocenters. The summed E-state index contributed by atoms with van der Waals surface area (Å²) in [5, 5.41) is 15.3. The minimum absolute atomic E-state index is 0.00657. The highest BCUT2D eigenvalue weighted by Gasteiger charge is 2.36. The van der Waals surface area contributed by atoms with Crippen LogP contribution in [0.3, 0.4) is 0 Å². The number of thiol groups is 1. The fraction of sp³-hybridized carbons (Fsp3) is 0.640. The fourth-order valence-corrected chi connectivity index (χ4v) is 3.89. The molecule has 1 rings (SSSR count). The molecule has 0 saturated carbocycles. The number of benzene rings is 1. The van der Waals surface area contributed by atoms with Gasteiger partial charge < -0.3 is 25.4 Å². The topological polar surface area (TPSA) is 108 Å². The maximum absolute atomic E-state index is 13.6. The second kappa shape index (κ2) is 13.6. The number of rotatable bonds is 11. The summed E-state index contributed by atoms with van der Waals surface area (Å²) < 4.78 is 5.28. The van der Waals surface area contributed by atoms with Crippen molar-refractivity contribution in [2.75, 3.05) is 18.9 Å². The third-order valence-corrected chi connectivity index (χ3v) is 5.56. The van der Waals surface area contributed by atoms with E-state index in [0.29, 0.717) is 5.56 Å². The summed E-state index contributed by atoms with van der Waals surface area (Å²) in [5.41, 5.74) is 1.70. The number of aliphatic hydroxyl groups is 1. The summed E-state index contributed by atoms with van der Waals surface area (Å²) >= 11 is 4.25. The molecule has 0 aliphatic rings. The van der Waals surface area contributed by atoms with Crippen LogP contribution in [0.1, 0.15) is 70.2 Å². The molecular formula is C25H41N3O5S. The molecule has 0 heterocycles. The van der Waals surface area contributed by atoms with Crippen LogP contribution in [0.25, 0.3) is 0 Å². The third kappa shape index (κ3) is 9.18. The largest absolute Gasteiger partial charge is 0.444 e. The van der Waals surface area contributed by atoms with Gasteiger partial charge in [-0.2, -0.15) is 12.6 Å². The van der Waals surface area contributed by atoms with Gasteiger partial charge in [0.1, 0.15) is 17.7 Å². The molecule has 0 aliphatic carbocycles. The third-order valence-electron chi connectivity index (χ3n) is 5.20. The molecule has 0 spiro atoms. The molecule has 1 aromatic carbocycles. The molecule has 1 aromatic rings. The standard InChI is InChI=1S/C25H41N3O5S/c1-8-9-18(4)26-22(30)21(19-14-16(2)10-11-17(19)3)28(12-13-29)23(31)20(15-34)27-24(32)33-25(5,6)7/h10-11,14,18,20-21,29,34H,8-9,12-13,15H2,1-7H3,(H,26,30)(H,27,32). The quantitative estimate of drug-likeness (QED) is 0.352. The van der Waals surface area contributed by atoms with Gasteiger partial charge in [0.25, 0.3) is 0 Å². The fourth-order valence-electron chi connectivity index (χ4n) is 3.64. The molecule has 8 nitrogen and oxygen atoms in total. The zero-order chi connectivity index (χ0) is 26.1. The Kier molecular flexibility index (Phi) is 11.9. The number of hydrogen-bond donors (Lipinski definition) is 4. The monoisotopic (exact) mass is 495 g/mol. The Bertz CT molecular complexity index is 840. The van der Waals surface area contributed by atoms with E-state index in [0.717, 1.165) is 24.0 Å². The van der Waals surface area contributed by atoms with E-state index in [1.165, 1.54) is 4.90 Å². The van der Waals surface area contributed by atoms with Crippen molar-refractivity contribution in [3.05, 3.63) is 34.9 Å². The number of aryl methyl sites for hydroxylation is 2. The molecule has 0 aliphatic heterocycles. The van der Waals surface area contributed by atoms with Crippen molar-refractivity contribution in [3.8, 4) is 0 Å². The number of carbonyl (C=O) groups is 3. The highest BCUT2D eigenvalue weighted by atomic mass is 32.1. The van der Waals surface area contributed by atoms with Gasteiger partial charge in [-0.1, -0.05) is 37.1 Å². The predicted molar refractivity (Wildman–Crippen MR) is 137 cm³/mol. The minimum atomic E-state index is -1.04. The van der Waals surface area contributed by atoms with Crippen molar-refractivity contribution in [3.63, 3.8) is 0 Å². The summed E-state index contributed by atoms with van der Waals surface area (Å²) in [4.78, 5) is 40.8. The predicted octanol–water partition coefficient (Wildman–Crippen LogP) is 3.29. The molecule has 3 amide bonds. The lowest BCUT2D eigenvalue weighted by Gasteiger charge is -2.35. The molecule has 0 radical (unpaired) electrons. The maximum Gasteiger partial charge on any atom is 0.408 e. The van der Waals surface area contributed by atoms with Gasteiger partial charge in [0.15, 0.2) is 0 Å². The van der Waals surface area contributed by atoms with Crippen LogP contribution in [-0.2, 0) is 14.3 Å². The van der Waals surface area contributed by atoms with E-state index in [1.54, 1.807) is 20.8 Å². The van der Waals surface area contributed by atoms with Gasteiger partial charge in [0.2, 0.25) is 11.8 Å². The van der Waals surface area contributed by atoms with Crippen LogP contribution in [-0.4, -0.2) is 64.5 Å². The van der Waals surface area contributed by atoms with Gasteiger partial charge in [0, 0.05) is 18.3 Å². The first-order chi connectivity index (χ1) is 15.8. The zero-order valence-electron chi connectivity index (χ0n) is 21.5. The molecule has 9 heteroatoms. The molecule has 3 unspecified atom stereocenters. The lowest BCUT2D eigenvalue weighted by atomic mass is 9.96. The lowest BCUT2D eigenvalue weighted by Crippen LogP contribution is -2.55. The van der Waals surface area contributed by atoms with Gasteiger partial charge in [0.05, 0.1) is 6.61 Å². The molecular weight excluding hydrogens is 454 g/mol. The number of carbonyl (C=O) groups excluding carboxylic acids is 3. The number of aliphatic hydroxyl groups excluding tert-OH is 1. The van der Waals surface area contributed by atoms with Crippen molar-refractivity contribution >= 4 is 30.5 Å². The lowest BCUT2D eigenvalue weighted by molar-refractivity contribution is -0.142. The Morgan fingerprint density at radius 1 is 1.18 bits per heavy atom. The number of ether oxygens (including phenoxy) is 1. The van der Waals surface area contributed by atoms with Crippen molar-refractivity contribution in [2.24, 2.45) is 0 Å². The van der Waals surface area contributed by atoms with Crippen LogP contribution in [0.4, 0.5) is 4.79 Å². The van der Waals surface area contributed by atoms with E-state index in [2.05, 4.69) is 23.3 Å². The summed E-state index contributed by atoms with van der Waals surface area (Å²) in [6.07, 6.45) is 0.933. The molecule has 192 valence electrons. The molecule has 0 saturated heterocycles. The van der Waals surface area contributed by atoms with E-state index < -0.39 is 29.7 Å². The highest BCUT2D eigenvalue weighted by molar-refractivity contribution is 7.80. The molecule has 0 fully saturated rings. The average molecular weight is 496 g/mol. The van der Waals surface area contributed by atoms with Crippen molar-refractivity contribution < 1.29 is 24.2 Å². The molecule has 0 aromatic heterocycles. The summed E-state index contributed by atoms with van der Waals surface area (Å²) in [6.45, 7) is 12.5. The Morgan fingerprint density at radius 2 is 1.82 bits per heavy atom. The highest BCUT2D eigenvalue weighted by Crippen LogP contribution is 2.27.